The van der Waals surface area contributed by atoms with Gasteiger partial charge in [0.15, 0.2) is 0 Å². The fraction of sp³-hybridized carbons (Fsp3) is 0.500. The maximum absolute atomic E-state index is 11.5. The van der Waals surface area contributed by atoms with Gasteiger partial charge in [0.2, 0.25) is 0 Å². The smallest absolute Gasteiger partial charge is 0.309 e. The lowest BCUT2D eigenvalue weighted by molar-refractivity contribution is -0.144. The SMILES string of the molecule is CCOC(=O)[C@H]1C[C@@H]1c1cc(C)cc(C)c1. The molecule has 1 aliphatic rings. The number of benzene rings is 1. The lowest BCUT2D eigenvalue weighted by Gasteiger charge is -2.04. The van der Waals surface area contributed by atoms with Crippen molar-refractivity contribution < 1.29 is 9.53 Å². The van der Waals surface area contributed by atoms with Crippen LogP contribution in [0.2, 0.25) is 0 Å². The van der Waals surface area contributed by atoms with Gasteiger partial charge in [-0.25, -0.2) is 0 Å². The van der Waals surface area contributed by atoms with Crippen LogP contribution in [0.5, 0.6) is 0 Å². The summed E-state index contributed by atoms with van der Waals surface area (Å²) in [6.45, 7) is 6.53. The third kappa shape index (κ3) is 2.26. The first-order valence-electron chi connectivity index (χ1n) is 5.86. The average Bonchev–Trinajstić information content (AvgIpc) is 2.95. The van der Waals surface area contributed by atoms with Gasteiger partial charge in [0.25, 0.3) is 0 Å². The van der Waals surface area contributed by atoms with E-state index in [1.807, 2.05) is 6.92 Å². The molecule has 16 heavy (non-hydrogen) atoms. The van der Waals surface area contributed by atoms with Crippen LogP contribution in [0.25, 0.3) is 0 Å². The van der Waals surface area contributed by atoms with Crippen molar-refractivity contribution in [3.8, 4) is 0 Å². The van der Waals surface area contributed by atoms with E-state index in [4.69, 9.17) is 4.74 Å². The van der Waals surface area contributed by atoms with Crippen molar-refractivity contribution >= 4 is 5.97 Å². The molecule has 1 aromatic carbocycles. The Bertz CT molecular complexity index is 389. The van der Waals surface area contributed by atoms with E-state index in [-0.39, 0.29) is 11.9 Å². The highest BCUT2D eigenvalue weighted by Crippen LogP contribution is 2.48. The van der Waals surface area contributed by atoms with Gasteiger partial charge < -0.3 is 4.74 Å². The molecule has 0 bridgehead atoms. The van der Waals surface area contributed by atoms with E-state index < -0.39 is 0 Å². The van der Waals surface area contributed by atoms with Crippen molar-refractivity contribution in [3.63, 3.8) is 0 Å². The number of hydrogen-bond acceptors (Lipinski definition) is 2. The average molecular weight is 218 g/mol. The zero-order valence-electron chi connectivity index (χ0n) is 10.1. The molecule has 0 unspecified atom stereocenters. The van der Waals surface area contributed by atoms with Gasteiger partial charge >= 0.3 is 5.97 Å². The summed E-state index contributed by atoms with van der Waals surface area (Å²) in [5.74, 6) is 0.449. The number of aryl methyl sites for hydroxylation is 2. The van der Waals surface area contributed by atoms with Gasteiger partial charge in [-0.05, 0) is 38.7 Å². The van der Waals surface area contributed by atoms with Gasteiger partial charge in [-0.3, -0.25) is 4.79 Å². The van der Waals surface area contributed by atoms with E-state index in [0.29, 0.717) is 12.5 Å². The molecule has 2 heteroatoms. The van der Waals surface area contributed by atoms with Crippen molar-refractivity contribution in [2.45, 2.75) is 33.1 Å². The summed E-state index contributed by atoms with van der Waals surface area (Å²) < 4.78 is 5.04. The van der Waals surface area contributed by atoms with Gasteiger partial charge in [-0.15, -0.1) is 0 Å². The van der Waals surface area contributed by atoms with Crippen LogP contribution < -0.4 is 0 Å². The monoisotopic (exact) mass is 218 g/mol. The molecule has 1 saturated carbocycles. The third-order valence-corrected chi connectivity index (χ3v) is 3.05. The van der Waals surface area contributed by atoms with E-state index in [1.54, 1.807) is 0 Å². The molecule has 0 radical (unpaired) electrons. The Morgan fingerprint density at radius 1 is 1.31 bits per heavy atom. The van der Waals surface area contributed by atoms with Crippen LogP contribution in [-0.4, -0.2) is 12.6 Å². The molecule has 0 aromatic heterocycles. The van der Waals surface area contributed by atoms with Gasteiger partial charge in [0, 0.05) is 0 Å². The zero-order chi connectivity index (χ0) is 11.7. The molecule has 1 aromatic rings. The summed E-state index contributed by atoms with van der Waals surface area (Å²) in [6.07, 6.45) is 0.946. The minimum atomic E-state index is -0.0355. The van der Waals surface area contributed by atoms with Crippen molar-refractivity contribution in [1.82, 2.24) is 0 Å². The van der Waals surface area contributed by atoms with Crippen LogP contribution in [0.4, 0.5) is 0 Å². The summed E-state index contributed by atoms with van der Waals surface area (Å²) in [5, 5.41) is 0. The number of carbonyl (C=O) groups excluding carboxylic acids is 1. The number of hydrogen-bond donors (Lipinski definition) is 0. The summed E-state index contributed by atoms with van der Waals surface area (Å²) in [6, 6.07) is 6.51. The van der Waals surface area contributed by atoms with Crippen LogP contribution in [0.15, 0.2) is 18.2 Å². The fourth-order valence-electron chi connectivity index (χ4n) is 2.30. The second-order valence-electron chi connectivity index (χ2n) is 4.62. The van der Waals surface area contributed by atoms with Gasteiger partial charge in [0.1, 0.15) is 0 Å². The minimum Gasteiger partial charge on any atom is -0.466 e. The molecule has 2 atom stereocenters. The van der Waals surface area contributed by atoms with Crippen LogP contribution in [0, 0.1) is 19.8 Å². The number of rotatable bonds is 3. The first-order valence-corrected chi connectivity index (χ1v) is 5.86. The molecule has 0 spiro atoms. The molecule has 2 nitrogen and oxygen atoms in total. The predicted molar refractivity (Wildman–Crippen MR) is 63.4 cm³/mol. The molecule has 0 heterocycles. The summed E-state index contributed by atoms with van der Waals surface area (Å²) in [7, 11) is 0. The van der Waals surface area contributed by atoms with E-state index in [9.17, 15) is 4.79 Å². The highest BCUT2D eigenvalue weighted by Gasteiger charge is 2.45. The quantitative estimate of drug-likeness (QED) is 0.729. The summed E-state index contributed by atoms with van der Waals surface area (Å²) >= 11 is 0. The Kier molecular flexibility index (Phi) is 2.99. The van der Waals surface area contributed by atoms with E-state index in [2.05, 4.69) is 32.0 Å². The maximum Gasteiger partial charge on any atom is 0.309 e. The number of esters is 1. The van der Waals surface area contributed by atoms with E-state index >= 15 is 0 Å². The lowest BCUT2D eigenvalue weighted by atomic mass is 10.0. The van der Waals surface area contributed by atoms with E-state index in [1.165, 1.54) is 16.7 Å². The second-order valence-corrected chi connectivity index (χ2v) is 4.62. The molecular weight excluding hydrogens is 200 g/mol. The molecule has 0 saturated heterocycles. The van der Waals surface area contributed by atoms with Crippen LogP contribution in [-0.2, 0) is 9.53 Å². The first-order chi connectivity index (χ1) is 7.61. The molecule has 86 valence electrons. The molecule has 1 aliphatic carbocycles. The minimum absolute atomic E-state index is 0.0355. The third-order valence-electron chi connectivity index (χ3n) is 3.05. The van der Waals surface area contributed by atoms with Crippen molar-refractivity contribution in [2.24, 2.45) is 5.92 Å². The molecule has 1 fully saturated rings. The van der Waals surface area contributed by atoms with Crippen LogP contribution in [0.1, 0.15) is 36.0 Å². The predicted octanol–water partition coefficient (Wildman–Crippen LogP) is 2.97. The molecule has 0 N–H and O–H groups in total. The lowest BCUT2D eigenvalue weighted by Crippen LogP contribution is -2.07. The molecular formula is C14H18O2. The van der Waals surface area contributed by atoms with Crippen molar-refractivity contribution in [1.29, 1.82) is 0 Å². The Labute approximate surface area is 96.6 Å². The van der Waals surface area contributed by atoms with Crippen LogP contribution >= 0.6 is 0 Å². The molecule has 2 rings (SSSR count). The topological polar surface area (TPSA) is 26.3 Å². The largest absolute Gasteiger partial charge is 0.466 e. The summed E-state index contributed by atoms with van der Waals surface area (Å²) in [5.41, 5.74) is 3.82. The molecule has 0 aliphatic heterocycles. The van der Waals surface area contributed by atoms with E-state index in [0.717, 1.165) is 6.42 Å². The van der Waals surface area contributed by atoms with Crippen LogP contribution in [0.3, 0.4) is 0 Å². The molecule has 0 amide bonds. The van der Waals surface area contributed by atoms with Gasteiger partial charge in [-0.1, -0.05) is 29.3 Å². The highest BCUT2D eigenvalue weighted by molar-refractivity contribution is 5.77. The Hall–Kier alpha value is -1.31. The Balaban J connectivity index is 2.08. The fourth-order valence-corrected chi connectivity index (χ4v) is 2.30. The number of ether oxygens (including phenoxy) is 1. The zero-order valence-corrected chi connectivity index (χ0v) is 10.1. The Morgan fingerprint density at radius 2 is 1.94 bits per heavy atom. The Morgan fingerprint density at radius 3 is 2.50 bits per heavy atom. The van der Waals surface area contributed by atoms with Crippen molar-refractivity contribution in [2.75, 3.05) is 6.61 Å². The maximum atomic E-state index is 11.5. The standard InChI is InChI=1S/C14H18O2/c1-4-16-14(15)13-8-12(13)11-6-9(2)5-10(3)7-11/h5-7,12-13H,4,8H2,1-3H3/t12-,13+/m1/s1. The first kappa shape index (κ1) is 11.2. The van der Waals surface area contributed by atoms with Gasteiger partial charge in [0.05, 0.1) is 12.5 Å². The summed E-state index contributed by atoms with van der Waals surface area (Å²) in [4.78, 5) is 11.5. The number of carbonyl (C=O) groups is 1. The normalized spacial score (nSPS) is 22.9. The van der Waals surface area contributed by atoms with Gasteiger partial charge in [-0.2, -0.15) is 0 Å². The van der Waals surface area contributed by atoms with Crippen molar-refractivity contribution in [3.05, 3.63) is 34.9 Å². The second kappa shape index (κ2) is 4.28. The highest BCUT2D eigenvalue weighted by atomic mass is 16.5.